The summed E-state index contributed by atoms with van der Waals surface area (Å²) in [5.41, 5.74) is 6.39. The van der Waals surface area contributed by atoms with Crippen LogP contribution in [0.2, 0.25) is 0 Å². The number of hydrogen-bond acceptors (Lipinski definition) is 3. The van der Waals surface area contributed by atoms with E-state index in [-0.39, 0.29) is 12.4 Å². The van der Waals surface area contributed by atoms with Gasteiger partial charge in [0.05, 0.1) is 13.5 Å². The number of nitrogens with two attached hydrogens (primary N) is 1. The fourth-order valence-corrected chi connectivity index (χ4v) is 2.60. The van der Waals surface area contributed by atoms with Crippen molar-refractivity contribution in [2.45, 2.75) is 38.1 Å². The first-order valence-corrected chi connectivity index (χ1v) is 7.13. The van der Waals surface area contributed by atoms with E-state index in [9.17, 15) is 4.79 Å². The van der Waals surface area contributed by atoms with Crippen molar-refractivity contribution in [1.82, 2.24) is 0 Å². The quantitative estimate of drug-likeness (QED) is 0.876. The van der Waals surface area contributed by atoms with Crippen molar-refractivity contribution in [2.24, 2.45) is 5.73 Å². The minimum Gasteiger partial charge on any atom is -0.469 e. The highest BCUT2D eigenvalue weighted by Gasteiger charge is 2.41. The van der Waals surface area contributed by atoms with Crippen LogP contribution in [-0.4, -0.2) is 18.6 Å². The van der Waals surface area contributed by atoms with Crippen LogP contribution in [0.4, 0.5) is 0 Å². The number of hydrogen-bond donors (Lipinski definition) is 1. The Morgan fingerprint density at radius 2 is 1.71 bits per heavy atom. The standard InChI is InChI=1S/C18H23NO2/c1-17(2,19)18(3,12-16(20)21-4)15-10-9-13-7-5-6-8-14(13)11-15/h5-11H,12,19H2,1-4H3. The topological polar surface area (TPSA) is 52.3 Å². The van der Waals surface area contributed by atoms with Gasteiger partial charge >= 0.3 is 5.97 Å². The molecule has 0 aliphatic heterocycles. The average Bonchev–Trinajstić information content (AvgIpc) is 2.45. The number of benzene rings is 2. The summed E-state index contributed by atoms with van der Waals surface area (Å²) in [6.07, 6.45) is 0.255. The third-order valence-corrected chi connectivity index (χ3v) is 4.53. The van der Waals surface area contributed by atoms with Crippen molar-refractivity contribution in [1.29, 1.82) is 0 Å². The number of rotatable bonds is 4. The number of carbonyl (C=O) groups excluding carboxylic acids is 1. The van der Waals surface area contributed by atoms with Crippen molar-refractivity contribution < 1.29 is 9.53 Å². The van der Waals surface area contributed by atoms with E-state index in [0.717, 1.165) is 10.9 Å². The summed E-state index contributed by atoms with van der Waals surface area (Å²) in [5, 5.41) is 2.33. The van der Waals surface area contributed by atoms with Gasteiger partial charge in [0, 0.05) is 11.0 Å². The van der Waals surface area contributed by atoms with Gasteiger partial charge in [0.1, 0.15) is 0 Å². The zero-order valence-electron chi connectivity index (χ0n) is 13.1. The zero-order valence-corrected chi connectivity index (χ0v) is 13.1. The SMILES string of the molecule is COC(=O)CC(C)(c1ccc2ccccc2c1)C(C)(C)N. The molecule has 0 heterocycles. The lowest BCUT2D eigenvalue weighted by molar-refractivity contribution is -0.142. The molecule has 1 unspecified atom stereocenters. The normalized spacial score (nSPS) is 14.7. The van der Waals surface area contributed by atoms with Gasteiger partial charge in [-0.15, -0.1) is 0 Å². The van der Waals surface area contributed by atoms with Crippen LogP contribution in [0.15, 0.2) is 42.5 Å². The van der Waals surface area contributed by atoms with Crippen molar-refractivity contribution in [2.75, 3.05) is 7.11 Å². The molecule has 0 aliphatic rings. The summed E-state index contributed by atoms with van der Waals surface area (Å²) < 4.78 is 4.86. The van der Waals surface area contributed by atoms with E-state index in [1.165, 1.54) is 12.5 Å². The Bertz CT molecular complexity index is 658. The lowest BCUT2D eigenvalue weighted by Gasteiger charge is -2.41. The molecule has 0 aliphatic carbocycles. The summed E-state index contributed by atoms with van der Waals surface area (Å²) in [6.45, 7) is 5.92. The lowest BCUT2D eigenvalue weighted by Crippen LogP contribution is -2.53. The minimum atomic E-state index is -0.552. The maximum atomic E-state index is 11.8. The smallest absolute Gasteiger partial charge is 0.306 e. The van der Waals surface area contributed by atoms with Gasteiger partial charge in [-0.1, -0.05) is 49.4 Å². The maximum absolute atomic E-state index is 11.8. The first-order chi connectivity index (χ1) is 9.78. The van der Waals surface area contributed by atoms with Crippen molar-refractivity contribution in [3.8, 4) is 0 Å². The minimum absolute atomic E-state index is 0.246. The molecule has 0 bridgehead atoms. The Morgan fingerprint density at radius 3 is 2.29 bits per heavy atom. The van der Waals surface area contributed by atoms with E-state index in [4.69, 9.17) is 10.5 Å². The van der Waals surface area contributed by atoms with Gasteiger partial charge in [-0.2, -0.15) is 0 Å². The van der Waals surface area contributed by atoms with Gasteiger partial charge < -0.3 is 10.5 Å². The highest BCUT2D eigenvalue weighted by Crippen LogP contribution is 2.38. The van der Waals surface area contributed by atoms with E-state index in [2.05, 4.69) is 30.3 Å². The molecule has 0 fully saturated rings. The third-order valence-electron chi connectivity index (χ3n) is 4.53. The Labute approximate surface area is 126 Å². The predicted molar refractivity (Wildman–Crippen MR) is 86.2 cm³/mol. The Kier molecular flexibility index (Phi) is 4.06. The summed E-state index contributed by atoms with van der Waals surface area (Å²) in [4.78, 5) is 11.8. The number of carbonyl (C=O) groups is 1. The Balaban J connectivity index is 2.55. The molecule has 3 heteroatoms. The molecular weight excluding hydrogens is 262 g/mol. The molecule has 0 radical (unpaired) electrons. The molecule has 2 aromatic carbocycles. The fourth-order valence-electron chi connectivity index (χ4n) is 2.60. The van der Waals surface area contributed by atoms with Crippen molar-refractivity contribution in [3.05, 3.63) is 48.0 Å². The summed E-state index contributed by atoms with van der Waals surface area (Å²) in [6, 6.07) is 14.4. The molecule has 0 amide bonds. The summed E-state index contributed by atoms with van der Waals surface area (Å²) in [5.74, 6) is -0.246. The first kappa shape index (κ1) is 15.5. The highest BCUT2D eigenvalue weighted by atomic mass is 16.5. The largest absolute Gasteiger partial charge is 0.469 e. The molecule has 1 atom stereocenters. The molecule has 112 valence electrons. The molecule has 0 saturated heterocycles. The lowest BCUT2D eigenvalue weighted by atomic mass is 9.66. The molecule has 2 rings (SSSR count). The Hall–Kier alpha value is -1.87. The predicted octanol–water partition coefficient (Wildman–Crippen LogP) is 3.40. The molecule has 3 nitrogen and oxygen atoms in total. The summed E-state index contributed by atoms with van der Waals surface area (Å²) >= 11 is 0. The number of ether oxygens (including phenoxy) is 1. The van der Waals surface area contributed by atoms with E-state index < -0.39 is 11.0 Å². The van der Waals surface area contributed by atoms with Crippen molar-refractivity contribution >= 4 is 16.7 Å². The fraction of sp³-hybridized carbons (Fsp3) is 0.389. The van der Waals surface area contributed by atoms with Crippen molar-refractivity contribution in [3.63, 3.8) is 0 Å². The van der Waals surface area contributed by atoms with Gasteiger partial charge in [0.2, 0.25) is 0 Å². The molecular formula is C18H23NO2. The number of esters is 1. The first-order valence-electron chi connectivity index (χ1n) is 7.13. The van der Waals surface area contributed by atoms with E-state index in [1.54, 1.807) is 0 Å². The van der Waals surface area contributed by atoms with Crippen LogP contribution < -0.4 is 5.73 Å². The molecule has 21 heavy (non-hydrogen) atoms. The van der Waals surface area contributed by atoms with Gasteiger partial charge in [-0.3, -0.25) is 4.79 Å². The average molecular weight is 285 g/mol. The van der Waals surface area contributed by atoms with Gasteiger partial charge in [0.25, 0.3) is 0 Å². The second kappa shape index (κ2) is 5.49. The van der Waals surface area contributed by atoms with E-state index in [1.807, 2.05) is 32.9 Å². The van der Waals surface area contributed by atoms with Crippen LogP contribution in [0.5, 0.6) is 0 Å². The second-order valence-corrected chi connectivity index (χ2v) is 6.37. The third kappa shape index (κ3) is 2.93. The van der Waals surface area contributed by atoms with Gasteiger partial charge in [-0.05, 0) is 30.2 Å². The Morgan fingerprint density at radius 1 is 1.10 bits per heavy atom. The maximum Gasteiger partial charge on any atom is 0.306 e. The van der Waals surface area contributed by atoms with Crippen LogP contribution in [0.1, 0.15) is 32.8 Å². The number of fused-ring (bicyclic) bond motifs is 1. The van der Waals surface area contributed by atoms with Gasteiger partial charge in [0.15, 0.2) is 0 Å². The molecule has 0 spiro atoms. The molecule has 0 saturated carbocycles. The van der Waals surface area contributed by atoms with Crippen LogP contribution in [0, 0.1) is 0 Å². The van der Waals surface area contributed by atoms with Crippen LogP contribution in [0.3, 0.4) is 0 Å². The monoisotopic (exact) mass is 285 g/mol. The second-order valence-electron chi connectivity index (χ2n) is 6.37. The highest BCUT2D eigenvalue weighted by molar-refractivity contribution is 5.83. The van der Waals surface area contributed by atoms with Crippen LogP contribution in [0.25, 0.3) is 10.8 Å². The molecule has 0 aromatic heterocycles. The van der Waals surface area contributed by atoms with E-state index in [0.29, 0.717) is 0 Å². The van der Waals surface area contributed by atoms with Crippen LogP contribution in [-0.2, 0) is 14.9 Å². The molecule has 2 aromatic rings. The van der Waals surface area contributed by atoms with E-state index >= 15 is 0 Å². The van der Waals surface area contributed by atoms with Crippen LogP contribution >= 0.6 is 0 Å². The zero-order chi connectivity index (χ0) is 15.7. The summed E-state index contributed by atoms with van der Waals surface area (Å²) in [7, 11) is 1.41. The molecule has 2 N–H and O–H groups in total. The number of methoxy groups -OCH3 is 1. The van der Waals surface area contributed by atoms with Gasteiger partial charge in [-0.25, -0.2) is 0 Å².